The summed E-state index contributed by atoms with van der Waals surface area (Å²) in [6, 6.07) is 5.28. The standard InChI is InChI=1S/C24H25FN4O6/c1-2-35-24(34)27-9-7-17(8-10-27)29-12-11-28-14-18(20(30)21(31)19(28)23(29)33)22(32)26-13-15-3-5-16(25)6-4-15/h3-6,11-12,14,17,31H,2,7-10,13H2,1H3,(H,26,32). The smallest absolute Gasteiger partial charge is 0.409 e. The van der Waals surface area contributed by atoms with Gasteiger partial charge in [-0.15, -0.1) is 0 Å². The number of likely N-dealkylation sites (tertiary alicyclic amines) is 1. The van der Waals surface area contributed by atoms with Gasteiger partial charge in [-0.2, -0.15) is 0 Å². The third-order valence-corrected chi connectivity index (χ3v) is 6.03. The van der Waals surface area contributed by atoms with E-state index in [0.717, 1.165) is 0 Å². The van der Waals surface area contributed by atoms with E-state index in [1.807, 2.05) is 0 Å². The number of hydrogen-bond acceptors (Lipinski definition) is 6. The number of pyridine rings is 1. The average molecular weight is 484 g/mol. The van der Waals surface area contributed by atoms with E-state index in [4.69, 9.17) is 4.74 Å². The first-order valence-electron chi connectivity index (χ1n) is 11.2. The van der Waals surface area contributed by atoms with E-state index < -0.39 is 34.6 Å². The molecule has 1 aromatic carbocycles. The Kier molecular flexibility index (Phi) is 6.85. The SMILES string of the molecule is CCOC(=O)N1CCC(n2ccn3cc(C(=O)NCc4ccc(F)cc4)c(=O)c(O)c3c2=O)CC1. The molecule has 4 rings (SSSR count). The number of aromatic hydroxyl groups is 1. The Balaban J connectivity index is 1.56. The fourth-order valence-electron chi connectivity index (χ4n) is 4.15. The molecule has 2 N–H and O–H groups in total. The van der Waals surface area contributed by atoms with Gasteiger partial charge in [0.25, 0.3) is 11.5 Å². The minimum absolute atomic E-state index is 0.0497. The summed E-state index contributed by atoms with van der Waals surface area (Å²) in [5.41, 5.74) is -1.48. The molecule has 11 heteroatoms. The van der Waals surface area contributed by atoms with Gasteiger partial charge in [0, 0.05) is 44.3 Å². The highest BCUT2D eigenvalue weighted by molar-refractivity contribution is 5.94. The number of nitrogens with zero attached hydrogens (tertiary/aromatic N) is 3. The molecule has 3 heterocycles. The van der Waals surface area contributed by atoms with Crippen molar-refractivity contribution < 1.29 is 23.8 Å². The number of halogens is 1. The van der Waals surface area contributed by atoms with Crippen LogP contribution in [0.1, 0.15) is 41.7 Å². The lowest BCUT2D eigenvalue weighted by atomic mass is 10.1. The van der Waals surface area contributed by atoms with E-state index in [1.165, 1.54) is 51.8 Å². The van der Waals surface area contributed by atoms with Crippen molar-refractivity contribution >= 4 is 17.5 Å². The Labute approximate surface area is 199 Å². The lowest BCUT2D eigenvalue weighted by Crippen LogP contribution is -2.41. The van der Waals surface area contributed by atoms with E-state index in [2.05, 4.69) is 5.32 Å². The van der Waals surface area contributed by atoms with E-state index in [-0.39, 0.29) is 30.3 Å². The van der Waals surface area contributed by atoms with Gasteiger partial charge in [0.15, 0.2) is 11.3 Å². The van der Waals surface area contributed by atoms with Gasteiger partial charge in [0.05, 0.1) is 6.61 Å². The normalized spacial score (nSPS) is 14.2. The lowest BCUT2D eigenvalue weighted by Gasteiger charge is -2.32. The van der Waals surface area contributed by atoms with Crippen LogP contribution >= 0.6 is 0 Å². The highest BCUT2D eigenvalue weighted by Crippen LogP contribution is 2.22. The first kappa shape index (κ1) is 24.0. The second-order valence-electron chi connectivity index (χ2n) is 8.21. The molecule has 0 bridgehead atoms. The van der Waals surface area contributed by atoms with Crippen molar-refractivity contribution in [2.45, 2.75) is 32.4 Å². The van der Waals surface area contributed by atoms with E-state index in [9.17, 15) is 28.7 Å². The Bertz CT molecular complexity index is 1370. The molecule has 0 aliphatic carbocycles. The zero-order chi connectivity index (χ0) is 25.1. The topological polar surface area (TPSA) is 122 Å². The molecule has 1 aliphatic heterocycles. The van der Waals surface area contributed by atoms with Crippen LogP contribution in [0.3, 0.4) is 0 Å². The Morgan fingerprint density at radius 3 is 2.49 bits per heavy atom. The molecule has 1 saturated heterocycles. The molecule has 0 unspecified atom stereocenters. The fraction of sp³-hybridized carbons (Fsp3) is 0.333. The molecule has 0 atom stereocenters. The van der Waals surface area contributed by atoms with Crippen LogP contribution < -0.4 is 16.3 Å². The number of carbonyl (C=O) groups is 2. The molecule has 0 saturated carbocycles. The Hall–Kier alpha value is -4.15. The molecule has 2 aromatic heterocycles. The van der Waals surface area contributed by atoms with Crippen LogP contribution in [0.4, 0.5) is 9.18 Å². The lowest BCUT2D eigenvalue weighted by molar-refractivity contribution is 0.0921. The quantitative estimate of drug-likeness (QED) is 0.572. The summed E-state index contributed by atoms with van der Waals surface area (Å²) >= 11 is 0. The van der Waals surface area contributed by atoms with Crippen LogP contribution in [0.25, 0.3) is 5.52 Å². The number of hydrogen-bond donors (Lipinski definition) is 2. The maximum absolute atomic E-state index is 13.1. The van der Waals surface area contributed by atoms with Crippen molar-refractivity contribution in [3.63, 3.8) is 0 Å². The summed E-state index contributed by atoms with van der Waals surface area (Å²) in [5, 5.41) is 13.1. The number of piperidine rings is 1. The number of ether oxygens (including phenoxy) is 1. The molecule has 10 nitrogen and oxygen atoms in total. The predicted octanol–water partition coefficient (Wildman–Crippen LogP) is 2.03. The number of fused-ring (bicyclic) bond motifs is 1. The number of benzene rings is 1. The summed E-state index contributed by atoms with van der Waals surface area (Å²) in [7, 11) is 0. The second-order valence-corrected chi connectivity index (χ2v) is 8.21. The molecule has 1 aliphatic rings. The van der Waals surface area contributed by atoms with Crippen LogP contribution in [0.2, 0.25) is 0 Å². The van der Waals surface area contributed by atoms with Crippen molar-refractivity contribution in [3.05, 3.63) is 80.4 Å². The zero-order valence-corrected chi connectivity index (χ0v) is 19.1. The minimum atomic E-state index is -0.964. The van der Waals surface area contributed by atoms with Crippen LogP contribution in [-0.4, -0.2) is 50.7 Å². The van der Waals surface area contributed by atoms with Gasteiger partial charge in [0.2, 0.25) is 5.43 Å². The number of amides is 2. The van der Waals surface area contributed by atoms with Gasteiger partial charge < -0.3 is 29.0 Å². The monoisotopic (exact) mass is 484 g/mol. The van der Waals surface area contributed by atoms with Crippen molar-refractivity contribution in [1.82, 2.24) is 19.2 Å². The molecular weight excluding hydrogens is 459 g/mol. The van der Waals surface area contributed by atoms with Crippen molar-refractivity contribution in [3.8, 4) is 5.75 Å². The fourth-order valence-corrected chi connectivity index (χ4v) is 4.15. The molecule has 35 heavy (non-hydrogen) atoms. The molecule has 3 aromatic rings. The molecule has 0 spiro atoms. The molecule has 0 radical (unpaired) electrons. The van der Waals surface area contributed by atoms with Crippen LogP contribution in [-0.2, 0) is 11.3 Å². The summed E-state index contributed by atoms with van der Waals surface area (Å²) in [4.78, 5) is 51.9. The van der Waals surface area contributed by atoms with Crippen molar-refractivity contribution in [1.29, 1.82) is 0 Å². The van der Waals surface area contributed by atoms with Gasteiger partial charge in [-0.05, 0) is 37.5 Å². The summed E-state index contributed by atoms with van der Waals surface area (Å²) < 4.78 is 20.7. The summed E-state index contributed by atoms with van der Waals surface area (Å²) in [5.74, 6) is -1.96. The maximum Gasteiger partial charge on any atom is 0.409 e. The van der Waals surface area contributed by atoms with E-state index in [1.54, 1.807) is 11.8 Å². The minimum Gasteiger partial charge on any atom is -0.503 e. The molecule has 2 amide bonds. The molecule has 1 fully saturated rings. The molecule has 184 valence electrons. The Morgan fingerprint density at radius 1 is 1.14 bits per heavy atom. The second kappa shape index (κ2) is 10.00. The van der Waals surface area contributed by atoms with Gasteiger partial charge >= 0.3 is 6.09 Å². The van der Waals surface area contributed by atoms with Crippen molar-refractivity contribution in [2.24, 2.45) is 0 Å². The average Bonchev–Trinajstić information content (AvgIpc) is 2.86. The highest BCUT2D eigenvalue weighted by Gasteiger charge is 2.26. The van der Waals surface area contributed by atoms with Crippen molar-refractivity contribution in [2.75, 3.05) is 19.7 Å². The zero-order valence-electron chi connectivity index (χ0n) is 19.1. The van der Waals surface area contributed by atoms with Crippen LogP contribution in [0, 0.1) is 5.82 Å². The predicted molar refractivity (Wildman–Crippen MR) is 124 cm³/mol. The third kappa shape index (κ3) is 4.88. The first-order valence-corrected chi connectivity index (χ1v) is 11.2. The summed E-state index contributed by atoms with van der Waals surface area (Å²) in [6.07, 6.45) is 4.83. The Morgan fingerprint density at radius 2 is 1.83 bits per heavy atom. The molecular formula is C24H25FN4O6. The van der Waals surface area contributed by atoms with Gasteiger partial charge in [0.1, 0.15) is 11.4 Å². The third-order valence-electron chi connectivity index (χ3n) is 6.03. The van der Waals surface area contributed by atoms with Crippen LogP contribution in [0.5, 0.6) is 5.75 Å². The summed E-state index contributed by atoms with van der Waals surface area (Å²) in [6.45, 7) is 2.88. The van der Waals surface area contributed by atoms with Crippen LogP contribution in [0.15, 0.2) is 52.4 Å². The number of rotatable bonds is 5. The van der Waals surface area contributed by atoms with Gasteiger partial charge in [-0.1, -0.05) is 12.1 Å². The highest BCUT2D eigenvalue weighted by atomic mass is 19.1. The number of carbonyl (C=O) groups excluding carboxylic acids is 2. The number of aromatic nitrogens is 2. The first-order chi connectivity index (χ1) is 16.8. The number of nitrogens with one attached hydrogen (secondary N) is 1. The van der Waals surface area contributed by atoms with E-state index >= 15 is 0 Å². The van der Waals surface area contributed by atoms with E-state index in [0.29, 0.717) is 31.5 Å². The largest absolute Gasteiger partial charge is 0.503 e. The van der Waals surface area contributed by atoms with Gasteiger partial charge in [-0.25, -0.2) is 9.18 Å². The van der Waals surface area contributed by atoms with Gasteiger partial charge in [-0.3, -0.25) is 14.4 Å². The maximum atomic E-state index is 13.1.